The summed E-state index contributed by atoms with van der Waals surface area (Å²) in [4.78, 5) is 18.3. The zero-order chi connectivity index (χ0) is 19.8. The molecule has 0 aromatic heterocycles. The van der Waals surface area contributed by atoms with Gasteiger partial charge in [-0.2, -0.15) is 0 Å². The Morgan fingerprint density at radius 1 is 1.03 bits per heavy atom. The van der Waals surface area contributed by atoms with Crippen molar-refractivity contribution in [1.29, 1.82) is 0 Å². The third-order valence-corrected chi connectivity index (χ3v) is 7.46. The van der Waals surface area contributed by atoms with E-state index in [4.69, 9.17) is 4.74 Å². The van der Waals surface area contributed by atoms with Gasteiger partial charge in [-0.1, -0.05) is 42.5 Å². The molecule has 3 aliphatic heterocycles. The van der Waals surface area contributed by atoms with Gasteiger partial charge >= 0.3 is 0 Å². The first-order chi connectivity index (χ1) is 14.2. The van der Waals surface area contributed by atoms with E-state index in [2.05, 4.69) is 46.2 Å². The van der Waals surface area contributed by atoms with Gasteiger partial charge in [0, 0.05) is 31.7 Å². The predicted molar refractivity (Wildman–Crippen MR) is 114 cm³/mol. The molecule has 4 nitrogen and oxygen atoms in total. The number of carbonyl (C=O) groups is 1. The van der Waals surface area contributed by atoms with Crippen LogP contribution in [-0.4, -0.2) is 48.0 Å². The number of carbonyl (C=O) groups excluding carboxylic acids is 1. The number of methoxy groups -OCH3 is 1. The molecule has 5 rings (SSSR count). The molecule has 1 spiro atoms. The minimum absolute atomic E-state index is 0.133. The second-order valence-corrected chi connectivity index (χ2v) is 8.91. The summed E-state index contributed by atoms with van der Waals surface area (Å²) in [6.45, 7) is 2.71. The zero-order valence-corrected chi connectivity index (χ0v) is 17.2. The monoisotopic (exact) mass is 390 g/mol. The molecular formula is C25H30N2O2. The van der Waals surface area contributed by atoms with Crippen LogP contribution < -0.4 is 4.74 Å². The summed E-state index contributed by atoms with van der Waals surface area (Å²) in [6.07, 6.45) is 5.43. The fourth-order valence-electron chi connectivity index (χ4n) is 5.97. The van der Waals surface area contributed by atoms with Gasteiger partial charge in [0.15, 0.2) is 0 Å². The summed E-state index contributed by atoms with van der Waals surface area (Å²) in [5, 5.41) is 0. The zero-order valence-electron chi connectivity index (χ0n) is 17.2. The summed E-state index contributed by atoms with van der Waals surface area (Å²) in [6, 6.07) is 19.9. The quantitative estimate of drug-likeness (QED) is 0.750. The van der Waals surface area contributed by atoms with E-state index < -0.39 is 0 Å². The standard InChI is InChI=1S/C25H30N2O2/c1-29-22-10-7-20(8-11-22)18-27-21-9-12-23(27)25(17-21)14-16-26(24(25)28)15-13-19-5-3-2-4-6-19/h2-8,10-11,21,23H,9,12-18H2,1H3/t21-,23-,25-/m0/s1. The number of nitrogens with zero attached hydrogens (tertiary/aromatic N) is 2. The molecule has 4 heteroatoms. The Bertz CT molecular complexity index is 866. The lowest BCUT2D eigenvalue weighted by Crippen LogP contribution is -2.44. The smallest absolute Gasteiger partial charge is 0.230 e. The number of hydrogen-bond donors (Lipinski definition) is 0. The summed E-state index contributed by atoms with van der Waals surface area (Å²) < 4.78 is 5.29. The molecule has 0 radical (unpaired) electrons. The van der Waals surface area contributed by atoms with E-state index in [9.17, 15) is 4.79 Å². The van der Waals surface area contributed by atoms with Gasteiger partial charge in [0.2, 0.25) is 5.91 Å². The summed E-state index contributed by atoms with van der Waals surface area (Å²) in [5.74, 6) is 1.31. The molecule has 3 saturated heterocycles. The van der Waals surface area contributed by atoms with Crippen LogP contribution >= 0.6 is 0 Å². The maximum absolute atomic E-state index is 13.5. The minimum atomic E-state index is -0.133. The molecule has 0 aliphatic carbocycles. The van der Waals surface area contributed by atoms with Crippen molar-refractivity contribution in [3.8, 4) is 5.75 Å². The van der Waals surface area contributed by atoms with Crippen molar-refractivity contribution in [1.82, 2.24) is 9.80 Å². The number of benzene rings is 2. The molecule has 0 unspecified atom stereocenters. The molecule has 2 aromatic rings. The highest BCUT2D eigenvalue weighted by atomic mass is 16.5. The number of hydrogen-bond acceptors (Lipinski definition) is 3. The highest BCUT2D eigenvalue weighted by Crippen LogP contribution is 2.55. The number of likely N-dealkylation sites (tertiary alicyclic amines) is 1. The van der Waals surface area contributed by atoms with Crippen LogP contribution in [0.4, 0.5) is 0 Å². The van der Waals surface area contributed by atoms with Crippen LogP contribution in [0.15, 0.2) is 54.6 Å². The number of amides is 1. The van der Waals surface area contributed by atoms with E-state index in [1.165, 1.54) is 24.0 Å². The first-order valence-electron chi connectivity index (χ1n) is 10.9. The van der Waals surface area contributed by atoms with E-state index in [1.807, 2.05) is 18.2 Å². The third kappa shape index (κ3) is 3.24. The van der Waals surface area contributed by atoms with E-state index in [-0.39, 0.29) is 5.41 Å². The highest BCUT2D eigenvalue weighted by molar-refractivity contribution is 5.86. The van der Waals surface area contributed by atoms with Crippen molar-refractivity contribution in [3.05, 3.63) is 65.7 Å². The van der Waals surface area contributed by atoms with Gasteiger partial charge in [0.1, 0.15) is 5.75 Å². The Morgan fingerprint density at radius 3 is 2.59 bits per heavy atom. The number of rotatable bonds is 6. The van der Waals surface area contributed by atoms with E-state index in [0.717, 1.165) is 44.6 Å². The molecule has 2 aromatic carbocycles. The molecule has 152 valence electrons. The van der Waals surface area contributed by atoms with Gasteiger partial charge in [-0.25, -0.2) is 0 Å². The molecule has 0 saturated carbocycles. The fourth-order valence-corrected chi connectivity index (χ4v) is 5.97. The van der Waals surface area contributed by atoms with Crippen molar-refractivity contribution >= 4 is 5.91 Å². The van der Waals surface area contributed by atoms with Crippen molar-refractivity contribution in [2.75, 3.05) is 20.2 Å². The van der Waals surface area contributed by atoms with Crippen molar-refractivity contribution in [2.45, 2.75) is 50.7 Å². The topological polar surface area (TPSA) is 32.8 Å². The van der Waals surface area contributed by atoms with Gasteiger partial charge in [-0.05, 0) is 55.4 Å². The van der Waals surface area contributed by atoms with Crippen LogP contribution in [0.1, 0.15) is 36.8 Å². The fraction of sp³-hybridized carbons (Fsp3) is 0.480. The molecule has 1 amide bonds. The summed E-state index contributed by atoms with van der Waals surface area (Å²) in [5.41, 5.74) is 2.49. The van der Waals surface area contributed by atoms with Crippen LogP contribution in [0.25, 0.3) is 0 Å². The number of fused-ring (bicyclic) bond motifs is 3. The molecule has 29 heavy (non-hydrogen) atoms. The molecule has 3 fully saturated rings. The Labute approximate surface area is 173 Å². The average Bonchev–Trinajstić information content (AvgIpc) is 3.39. The predicted octanol–water partition coefficient (Wildman–Crippen LogP) is 3.89. The van der Waals surface area contributed by atoms with Crippen LogP contribution in [0.2, 0.25) is 0 Å². The lowest BCUT2D eigenvalue weighted by atomic mass is 9.72. The van der Waals surface area contributed by atoms with Gasteiger partial charge in [-0.3, -0.25) is 9.69 Å². The maximum Gasteiger partial charge on any atom is 0.230 e. The second kappa shape index (κ2) is 7.49. The number of ether oxygens (including phenoxy) is 1. The molecule has 3 heterocycles. The largest absolute Gasteiger partial charge is 0.497 e. The van der Waals surface area contributed by atoms with Gasteiger partial charge in [0.25, 0.3) is 0 Å². The van der Waals surface area contributed by atoms with Gasteiger partial charge < -0.3 is 9.64 Å². The van der Waals surface area contributed by atoms with Gasteiger partial charge in [-0.15, -0.1) is 0 Å². The Hall–Kier alpha value is -2.33. The Kier molecular flexibility index (Phi) is 4.83. The minimum Gasteiger partial charge on any atom is -0.497 e. The van der Waals surface area contributed by atoms with Gasteiger partial charge in [0.05, 0.1) is 12.5 Å². The average molecular weight is 391 g/mol. The highest BCUT2D eigenvalue weighted by Gasteiger charge is 2.62. The van der Waals surface area contributed by atoms with Crippen molar-refractivity contribution in [3.63, 3.8) is 0 Å². The third-order valence-electron chi connectivity index (χ3n) is 7.46. The van der Waals surface area contributed by atoms with Crippen LogP contribution in [-0.2, 0) is 17.8 Å². The summed E-state index contributed by atoms with van der Waals surface area (Å²) >= 11 is 0. The lowest BCUT2D eigenvalue weighted by molar-refractivity contribution is -0.137. The molecule has 3 atom stereocenters. The van der Waals surface area contributed by atoms with E-state index in [0.29, 0.717) is 18.0 Å². The van der Waals surface area contributed by atoms with Crippen molar-refractivity contribution < 1.29 is 9.53 Å². The maximum atomic E-state index is 13.5. The van der Waals surface area contributed by atoms with Crippen LogP contribution in [0.5, 0.6) is 5.75 Å². The Balaban J connectivity index is 1.27. The first kappa shape index (κ1) is 18.7. The normalized spacial score (nSPS) is 28.6. The first-order valence-corrected chi connectivity index (χ1v) is 10.9. The molecule has 0 N–H and O–H groups in total. The molecule has 3 aliphatic rings. The van der Waals surface area contributed by atoms with E-state index in [1.54, 1.807) is 7.11 Å². The SMILES string of the molecule is COc1ccc(CN2[C@H]3CC[C@H]2[C@]2(CCN(CCc4ccccc4)C2=O)C3)cc1. The Morgan fingerprint density at radius 2 is 1.83 bits per heavy atom. The second-order valence-electron chi connectivity index (χ2n) is 8.91. The molecule has 2 bridgehead atoms. The van der Waals surface area contributed by atoms with Crippen LogP contribution in [0, 0.1) is 5.41 Å². The van der Waals surface area contributed by atoms with Crippen LogP contribution in [0.3, 0.4) is 0 Å². The molecular weight excluding hydrogens is 360 g/mol. The van der Waals surface area contributed by atoms with Crippen molar-refractivity contribution in [2.24, 2.45) is 5.41 Å². The van der Waals surface area contributed by atoms with E-state index >= 15 is 0 Å². The summed E-state index contributed by atoms with van der Waals surface area (Å²) in [7, 11) is 1.70. The lowest BCUT2D eigenvalue weighted by Gasteiger charge is -2.32.